The van der Waals surface area contributed by atoms with Gasteiger partial charge in [-0.1, -0.05) is 24.6 Å². The number of aromatic nitrogens is 1. The van der Waals surface area contributed by atoms with Crippen LogP contribution in [-0.2, 0) is 12.8 Å². The lowest BCUT2D eigenvalue weighted by Gasteiger charge is -2.44. The number of aryl methyl sites for hydroxylation is 1. The van der Waals surface area contributed by atoms with Gasteiger partial charge in [-0.05, 0) is 86.7 Å². The quantitative estimate of drug-likeness (QED) is 0.250. The molecule has 8 heteroatoms. The zero-order chi connectivity index (χ0) is 26.1. The highest BCUT2D eigenvalue weighted by atomic mass is 35.5. The zero-order valence-corrected chi connectivity index (χ0v) is 22.4. The van der Waals surface area contributed by atoms with E-state index in [1.807, 2.05) is 36.5 Å². The molecule has 1 aliphatic heterocycles. The van der Waals surface area contributed by atoms with Gasteiger partial charge in [-0.2, -0.15) is 0 Å². The predicted molar refractivity (Wildman–Crippen MR) is 152 cm³/mol. The van der Waals surface area contributed by atoms with Crippen molar-refractivity contribution in [2.45, 2.75) is 50.6 Å². The maximum Gasteiger partial charge on any atom is 0.256 e. The number of nitrogens with zero attached hydrogens (tertiary/aromatic N) is 1. The highest BCUT2D eigenvalue weighted by molar-refractivity contribution is 6.05. The fourth-order valence-corrected chi connectivity index (χ4v) is 5.77. The summed E-state index contributed by atoms with van der Waals surface area (Å²) >= 11 is 0. The molecule has 1 fully saturated rings. The summed E-state index contributed by atoms with van der Waals surface area (Å²) in [5.74, 6) is -0.738. The SMILES string of the molecule is Cl.O=C(Nc1ccccc1)c1ccc(F)c2c1CC(N(CCCc1c[nH]c3ccc(F)cc13)C1CCC1)CO2. The van der Waals surface area contributed by atoms with Crippen LogP contribution < -0.4 is 10.1 Å². The van der Waals surface area contributed by atoms with Gasteiger partial charge in [-0.15, -0.1) is 12.4 Å². The Kier molecular flexibility index (Phi) is 8.19. The van der Waals surface area contributed by atoms with Gasteiger partial charge in [0.25, 0.3) is 5.91 Å². The molecule has 0 saturated heterocycles. The van der Waals surface area contributed by atoms with Crippen molar-refractivity contribution in [3.05, 3.63) is 95.2 Å². The maximum absolute atomic E-state index is 14.7. The number of rotatable bonds is 8. The Balaban J connectivity index is 0.00000308. The monoisotopic (exact) mass is 551 g/mol. The molecule has 0 bridgehead atoms. The summed E-state index contributed by atoms with van der Waals surface area (Å²) < 4.78 is 34.5. The van der Waals surface area contributed by atoms with Gasteiger partial charge in [-0.25, -0.2) is 8.78 Å². The summed E-state index contributed by atoms with van der Waals surface area (Å²) in [6, 6.07) is 17.5. The fourth-order valence-electron chi connectivity index (χ4n) is 5.77. The van der Waals surface area contributed by atoms with Crippen molar-refractivity contribution >= 4 is 34.9 Å². The van der Waals surface area contributed by atoms with Gasteiger partial charge in [0.1, 0.15) is 12.4 Å². The first kappa shape index (κ1) is 27.2. The van der Waals surface area contributed by atoms with Crippen LogP contribution in [0.1, 0.15) is 47.2 Å². The molecule has 4 aromatic rings. The van der Waals surface area contributed by atoms with Gasteiger partial charge in [0, 0.05) is 46.0 Å². The van der Waals surface area contributed by atoms with Crippen LogP contribution in [0.5, 0.6) is 5.75 Å². The van der Waals surface area contributed by atoms with E-state index in [1.54, 1.807) is 18.2 Å². The number of ether oxygens (including phenoxy) is 1. The third-order valence-corrected chi connectivity index (χ3v) is 7.95. The van der Waals surface area contributed by atoms with E-state index in [0.29, 0.717) is 35.9 Å². The van der Waals surface area contributed by atoms with Crippen LogP contribution in [0.15, 0.2) is 66.9 Å². The van der Waals surface area contributed by atoms with Gasteiger partial charge in [0.15, 0.2) is 11.6 Å². The highest BCUT2D eigenvalue weighted by Gasteiger charge is 2.35. The fraction of sp³-hybridized carbons (Fsp3) is 0.323. The van der Waals surface area contributed by atoms with E-state index < -0.39 is 5.82 Å². The first-order valence-electron chi connectivity index (χ1n) is 13.4. The van der Waals surface area contributed by atoms with E-state index in [4.69, 9.17) is 4.74 Å². The van der Waals surface area contributed by atoms with Crippen molar-refractivity contribution in [1.29, 1.82) is 0 Å². The third-order valence-electron chi connectivity index (χ3n) is 7.95. The molecule has 2 heterocycles. The third kappa shape index (κ3) is 5.65. The number of para-hydroxylation sites is 1. The van der Waals surface area contributed by atoms with Gasteiger partial charge in [-0.3, -0.25) is 9.69 Å². The van der Waals surface area contributed by atoms with Crippen LogP contribution >= 0.6 is 12.4 Å². The van der Waals surface area contributed by atoms with Crippen LogP contribution in [0.25, 0.3) is 10.9 Å². The number of halogens is 3. The number of hydrogen-bond acceptors (Lipinski definition) is 3. The van der Waals surface area contributed by atoms with E-state index >= 15 is 0 Å². The minimum atomic E-state index is -0.434. The van der Waals surface area contributed by atoms with Crippen LogP contribution in [0, 0.1) is 11.6 Å². The molecule has 5 nitrogen and oxygen atoms in total. The van der Waals surface area contributed by atoms with Crippen molar-refractivity contribution in [3.63, 3.8) is 0 Å². The molecule has 1 aliphatic carbocycles. The van der Waals surface area contributed by atoms with E-state index in [1.165, 1.54) is 18.6 Å². The number of amides is 1. The summed E-state index contributed by atoms with van der Waals surface area (Å²) in [6.07, 6.45) is 7.73. The lowest BCUT2D eigenvalue weighted by Crippen LogP contribution is -2.51. The molecule has 1 amide bonds. The molecule has 204 valence electrons. The minimum Gasteiger partial charge on any atom is -0.489 e. The molecule has 2 aliphatic rings. The van der Waals surface area contributed by atoms with Crippen LogP contribution in [-0.4, -0.2) is 41.0 Å². The molecule has 0 radical (unpaired) electrons. The molecule has 3 aromatic carbocycles. The second kappa shape index (κ2) is 11.8. The number of hydrogen-bond donors (Lipinski definition) is 2. The second-order valence-corrected chi connectivity index (χ2v) is 10.3. The summed E-state index contributed by atoms with van der Waals surface area (Å²) in [5, 5.41) is 3.86. The molecule has 1 aromatic heterocycles. The van der Waals surface area contributed by atoms with Crippen LogP contribution in [0.2, 0.25) is 0 Å². The molecular weight excluding hydrogens is 520 g/mol. The Labute approximate surface area is 233 Å². The van der Waals surface area contributed by atoms with Crippen LogP contribution in [0.3, 0.4) is 0 Å². The maximum atomic E-state index is 14.7. The van der Waals surface area contributed by atoms with E-state index in [0.717, 1.165) is 48.7 Å². The van der Waals surface area contributed by atoms with Gasteiger partial charge in [0.05, 0.1) is 0 Å². The number of nitrogens with one attached hydrogen (secondary N) is 2. The molecule has 6 rings (SSSR count). The largest absolute Gasteiger partial charge is 0.489 e. The highest BCUT2D eigenvalue weighted by Crippen LogP contribution is 2.36. The smallest absolute Gasteiger partial charge is 0.256 e. The van der Waals surface area contributed by atoms with Gasteiger partial charge >= 0.3 is 0 Å². The van der Waals surface area contributed by atoms with E-state index in [2.05, 4.69) is 15.2 Å². The van der Waals surface area contributed by atoms with Crippen molar-refractivity contribution in [2.75, 3.05) is 18.5 Å². The lowest BCUT2D eigenvalue weighted by molar-refractivity contribution is 0.0422. The molecular formula is C31H32ClF2N3O2. The summed E-state index contributed by atoms with van der Waals surface area (Å²) in [4.78, 5) is 18.9. The topological polar surface area (TPSA) is 57.4 Å². The first-order valence-corrected chi connectivity index (χ1v) is 13.4. The first-order chi connectivity index (χ1) is 18.6. The number of fused-ring (bicyclic) bond motifs is 2. The Hall–Kier alpha value is -3.42. The normalized spacial score (nSPS) is 16.7. The standard InChI is InChI=1S/C31H31F2N3O2.ClH/c32-21-11-14-29-26(16-21)20(18-34-29)6-5-15-36(23-9-4-10-23)24-17-27-25(12-13-28(33)30(27)38-19-24)31(37)35-22-7-2-1-3-8-22;/h1-3,7-8,11-14,16,18,23-24,34H,4-6,9-10,15,17,19H2,(H,35,37);1H. The molecule has 1 saturated carbocycles. The average molecular weight is 552 g/mol. The average Bonchev–Trinajstić information content (AvgIpc) is 3.29. The number of carbonyl (C=O) groups excluding carboxylic acids is 1. The van der Waals surface area contributed by atoms with E-state index in [-0.39, 0.29) is 35.9 Å². The number of carbonyl (C=O) groups is 1. The molecule has 1 unspecified atom stereocenters. The van der Waals surface area contributed by atoms with E-state index in [9.17, 15) is 13.6 Å². The minimum absolute atomic E-state index is 0. The van der Waals surface area contributed by atoms with Crippen LogP contribution in [0.4, 0.5) is 14.5 Å². The molecule has 0 spiro atoms. The number of benzene rings is 3. The zero-order valence-electron chi connectivity index (χ0n) is 21.6. The Morgan fingerprint density at radius 3 is 2.64 bits per heavy atom. The lowest BCUT2D eigenvalue weighted by atomic mass is 9.87. The number of anilines is 1. The molecule has 2 N–H and O–H groups in total. The molecule has 1 atom stereocenters. The van der Waals surface area contributed by atoms with Crippen molar-refractivity contribution < 1.29 is 18.3 Å². The second-order valence-electron chi connectivity index (χ2n) is 10.3. The number of H-pyrrole nitrogens is 1. The van der Waals surface area contributed by atoms with Crippen molar-refractivity contribution in [2.24, 2.45) is 0 Å². The Bertz CT molecular complexity index is 1460. The Morgan fingerprint density at radius 1 is 1.05 bits per heavy atom. The van der Waals surface area contributed by atoms with Gasteiger partial charge in [0.2, 0.25) is 0 Å². The summed E-state index contributed by atoms with van der Waals surface area (Å²) in [5.41, 5.74) is 3.82. The van der Waals surface area contributed by atoms with Gasteiger partial charge < -0.3 is 15.0 Å². The summed E-state index contributed by atoms with van der Waals surface area (Å²) in [7, 11) is 0. The van der Waals surface area contributed by atoms with Crippen molar-refractivity contribution in [1.82, 2.24) is 9.88 Å². The Morgan fingerprint density at radius 2 is 1.87 bits per heavy atom. The molecule has 39 heavy (non-hydrogen) atoms. The summed E-state index contributed by atoms with van der Waals surface area (Å²) in [6.45, 7) is 1.25. The predicted octanol–water partition coefficient (Wildman–Crippen LogP) is 6.91. The number of aromatic amines is 1. The van der Waals surface area contributed by atoms with Crippen molar-refractivity contribution in [3.8, 4) is 5.75 Å².